The second-order valence-electron chi connectivity index (χ2n) is 6.47. The molecule has 0 aliphatic heterocycles. The molecule has 0 aliphatic carbocycles. The predicted molar refractivity (Wildman–Crippen MR) is 111 cm³/mol. The van der Waals surface area contributed by atoms with E-state index in [-0.39, 0.29) is 10.6 Å². The number of rotatable bonds is 11. The van der Waals surface area contributed by atoms with Gasteiger partial charge in [0.25, 0.3) is 5.56 Å². The van der Waals surface area contributed by atoms with Crippen LogP contribution in [-0.2, 0) is 13.0 Å². The van der Waals surface area contributed by atoms with Crippen molar-refractivity contribution in [1.82, 2.24) is 9.78 Å². The summed E-state index contributed by atoms with van der Waals surface area (Å²) in [5.41, 5.74) is 7.04. The van der Waals surface area contributed by atoms with Crippen molar-refractivity contribution in [2.45, 2.75) is 46.1 Å². The number of nitrogens with one attached hydrogen (secondary N) is 1. The summed E-state index contributed by atoms with van der Waals surface area (Å²) in [5, 5.41) is 7.39. The molecule has 0 radical (unpaired) electrons. The fraction of sp³-hybridized carbons (Fsp3) is 0.450. The number of carbonyl (C=O) groups is 1. The molecule has 0 bridgehead atoms. The average Bonchev–Trinajstić information content (AvgIpc) is 2.68. The first-order valence-electron chi connectivity index (χ1n) is 9.52. The molecule has 8 heteroatoms. The SMILES string of the molecule is CCCc1cc(C(N)=O)ccc1OCCCNc1cnn(CCC)c(=O)c1Cl. The molecule has 0 saturated carbocycles. The van der Waals surface area contributed by atoms with Crippen molar-refractivity contribution in [3.05, 3.63) is 50.9 Å². The Morgan fingerprint density at radius 3 is 2.79 bits per heavy atom. The van der Waals surface area contributed by atoms with Crippen LogP contribution in [0, 0.1) is 0 Å². The summed E-state index contributed by atoms with van der Waals surface area (Å²) in [5.74, 6) is 0.313. The topological polar surface area (TPSA) is 99.2 Å². The molecule has 28 heavy (non-hydrogen) atoms. The quantitative estimate of drug-likeness (QED) is 0.558. The van der Waals surface area contributed by atoms with Crippen LogP contribution in [0.4, 0.5) is 5.69 Å². The molecule has 0 saturated heterocycles. The number of aromatic nitrogens is 2. The highest BCUT2D eigenvalue weighted by atomic mass is 35.5. The molecule has 1 aromatic carbocycles. The van der Waals surface area contributed by atoms with Gasteiger partial charge < -0.3 is 15.8 Å². The lowest BCUT2D eigenvalue weighted by molar-refractivity contribution is 0.1000. The van der Waals surface area contributed by atoms with Gasteiger partial charge in [0.1, 0.15) is 10.8 Å². The van der Waals surface area contributed by atoms with Crippen molar-refractivity contribution in [2.75, 3.05) is 18.5 Å². The van der Waals surface area contributed by atoms with Crippen molar-refractivity contribution in [3.8, 4) is 5.75 Å². The zero-order valence-corrected chi connectivity index (χ0v) is 17.1. The van der Waals surface area contributed by atoms with Crippen LogP contribution in [-0.4, -0.2) is 28.8 Å². The molecule has 0 atom stereocenters. The molecule has 152 valence electrons. The Balaban J connectivity index is 1.89. The number of anilines is 1. The Kier molecular flexibility index (Phi) is 8.32. The van der Waals surface area contributed by atoms with E-state index >= 15 is 0 Å². The van der Waals surface area contributed by atoms with Crippen molar-refractivity contribution >= 4 is 23.2 Å². The third-order valence-electron chi connectivity index (χ3n) is 4.18. The summed E-state index contributed by atoms with van der Waals surface area (Å²) in [6, 6.07) is 5.24. The lowest BCUT2D eigenvalue weighted by Gasteiger charge is -2.13. The molecular weight excluding hydrogens is 380 g/mol. The zero-order chi connectivity index (χ0) is 20.5. The molecule has 0 spiro atoms. The van der Waals surface area contributed by atoms with Gasteiger partial charge in [-0.25, -0.2) is 4.68 Å². The highest BCUT2D eigenvalue weighted by Crippen LogP contribution is 2.22. The van der Waals surface area contributed by atoms with Crippen LogP contribution in [0.1, 0.15) is 49.0 Å². The number of nitrogens with zero attached hydrogens (tertiary/aromatic N) is 2. The Morgan fingerprint density at radius 1 is 1.32 bits per heavy atom. The third kappa shape index (κ3) is 5.73. The maximum Gasteiger partial charge on any atom is 0.287 e. The van der Waals surface area contributed by atoms with Crippen molar-refractivity contribution < 1.29 is 9.53 Å². The van der Waals surface area contributed by atoms with Crippen molar-refractivity contribution in [3.63, 3.8) is 0 Å². The minimum Gasteiger partial charge on any atom is -0.493 e. The van der Waals surface area contributed by atoms with E-state index in [2.05, 4.69) is 17.3 Å². The molecule has 1 heterocycles. The molecular formula is C20H27ClN4O3. The van der Waals surface area contributed by atoms with E-state index in [1.165, 1.54) is 4.68 Å². The summed E-state index contributed by atoms with van der Waals surface area (Å²) < 4.78 is 7.22. The highest BCUT2D eigenvalue weighted by Gasteiger charge is 2.10. The van der Waals surface area contributed by atoms with E-state index < -0.39 is 5.91 Å². The summed E-state index contributed by atoms with van der Waals surface area (Å²) in [4.78, 5) is 23.4. The summed E-state index contributed by atoms with van der Waals surface area (Å²) in [6.07, 6.45) is 4.84. The molecule has 0 unspecified atom stereocenters. The molecule has 1 aromatic heterocycles. The van der Waals surface area contributed by atoms with Gasteiger partial charge in [-0.3, -0.25) is 9.59 Å². The van der Waals surface area contributed by atoms with E-state index in [1.54, 1.807) is 24.4 Å². The van der Waals surface area contributed by atoms with Gasteiger partial charge in [0.05, 0.1) is 18.5 Å². The first-order chi connectivity index (χ1) is 13.5. The minimum atomic E-state index is -0.445. The van der Waals surface area contributed by atoms with E-state index in [9.17, 15) is 9.59 Å². The number of primary amides is 1. The van der Waals surface area contributed by atoms with Crippen LogP contribution in [0.5, 0.6) is 5.75 Å². The second kappa shape index (κ2) is 10.7. The van der Waals surface area contributed by atoms with Crippen LogP contribution in [0.25, 0.3) is 0 Å². The van der Waals surface area contributed by atoms with Gasteiger partial charge in [0.15, 0.2) is 0 Å². The number of hydrogen-bond donors (Lipinski definition) is 2. The normalized spacial score (nSPS) is 10.7. The lowest BCUT2D eigenvalue weighted by Crippen LogP contribution is -2.24. The van der Waals surface area contributed by atoms with Crippen LogP contribution >= 0.6 is 11.6 Å². The van der Waals surface area contributed by atoms with Crippen LogP contribution in [0.3, 0.4) is 0 Å². The number of benzene rings is 1. The van der Waals surface area contributed by atoms with E-state index in [1.807, 2.05) is 6.92 Å². The number of nitrogens with two attached hydrogens (primary N) is 1. The Hall–Kier alpha value is -2.54. The number of carbonyl (C=O) groups excluding carboxylic acids is 1. The van der Waals surface area contributed by atoms with Gasteiger partial charge in [-0.1, -0.05) is 31.9 Å². The average molecular weight is 407 g/mol. The Labute approximate surface area is 169 Å². The molecule has 2 rings (SSSR count). The van der Waals surface area contributed by atoms with Crippen LogP contribution in [0.15, 0.2) is 29.2 Å². The van der Waals surface area contributed by atoms with Gasteiger partial charge in [-0.15, -0.1) is 0 Å². The van der Waals surface area contributed by atoms with E-state index in [4.69, 9.17) is 22.1 Å². The molecule has 7 nitrogen and oxygen atoms in total. The minimum absolute atomic E-state index is 0.150. The van der Waals surface area contributed by atoms with Gasteiger partial charge in [-0.2, -0.15) is 5.10 Å². The maximum atomic E-state index is 12.1. The number of hydrogen-bond acceptors (Lipinski definition) is 5. The predicted octanol–water partition coefficient (Wildman–Crippen LogP) is 3.24. The number of ether oxygens (including phenoxy) is 1. The molecule has 1 amide bonds. The summed E-state index contributed by atoms with van der Waals surface area (Å²) in [6.45, 7) is 5.65. The third-order valence-corrected chi connectivity index (χ3v) is 4.54. The summed E-state index contributed by atoms with van der Waals surface area (Å²) >= 11 is 6.13. The van der Waals surface area contributed by atoms with Gasteiger partial charge in [-0.05, 0) is 43.0 Å². The standard InChI is InChI=1S/C20H27ClN4O3/c1-3-6-14-12-15(19(22)26)7-8-17(14)28-11-5-9-23-16-13-24-25(10-4-2)20(27)18(16)21/h7-8,12-13,23H,3-6,9-11H2,1-2H3,(H2,22,26). The van der Waals surface area contributed by atoms with Crippen molar-refractivity contribution in [1.29, 1.82) is 0 Å². The smallest absolute Gasteiger partial charge is 0.287 e. The molecule has 3 N–H and O–H groups in total. The second-order valence-corrected chi connectivity index (χ2v) is 6.84. The lowest BCUT2D eigenvalue weighted by atomic mass is 10.1. The highest BCUT2D eigenvalue weighted by molar-refractivity contribution is 6.32. The van der Waals surface area contributed by atoms with E-state index in [0.29, 0.717) is 37.4 Å². The Morgan fingerprint density at radius 2 is 2.11 bits per heavy atom. The van der Waals surface area contributed by atoms with Crippen LogP contribution < -0.4 is 21.3 Å². The first-order valence-corrected chi connectivity index (χ1v) is 9.90. The maximum absolute atomic E-state index is 12.1. The number of amides is 1. The largest absolute Gasteiger partial charge is 0.493 e. The fourth-order valence-electron chi connectivity index (χ4n) is 2.77. The Bertz CT molecular complexity index is 867. The summed E-state index contributed by atoms with van der Waals surface area (Å²) in [7, 11) is 0. The first kappa shape index (κ1) is 21.8. The van der Waals surface area contributed by atoms with E-state index in [0.717, 1.165) is 30.6 Å². The molecule has 0 aliphatic rings. The zero-order valence-electron chi connectivity index (χ0n) is 16.3. The van der Waals surface area contributed by atoms with Gasteiger partial charge >= 0.3 is 0 Å². The molecule has 2 aromatic rings. The van der Waals surface area contributed by atoms with Crippen molar-refractivity contribution in [2.24, 2.45) is 5.73 Å². The van der Waals surface area contributed by atoms with Crippen LogP contribution in [0.2, 0.25) is 5.02 Å². The molecule has 0 fully saturated rings. The number of halogens is 1. The number of aryl methyl sites for hydroxylation is 2. The fourth-order valence-corrected chi connectivity index (χ4v) is 2.99. The van der Waals surface area contributed by atoms with Gasteiger partial charge in [0.2, 0.25) is 5.91 Å². The monoisotopic (exact) mass is 406 g/mol. The van der Waals surface area contributed by atoms with Gasteiger partial charge in [0, 0.05) is 18.7 Å².